The van der Waals surface area contributed by atoms with Crippen molar-refractivity contribution < 1.29 is 13.9 Å². The minimum absolute atomic E-state index is 0.0903. The standard InChI is InChI=1S/C28H20FN3O3/c29-18-5-3-4-17(14-18)10-12-30-25(33)16-35-19-8-9-24-23(15-19)21-11-13-31-26-20-6-1-2-7-22(20)28(34)32(24)27(21)26/h1-9,11,13-15H,10,12,16H2,(H,30,33). The van der Waals surface area contributed by atoms with E-state index in [4.69, 9.17) is 4.74 Å². The molecule has 3 aromatic heterocycles. The van der Waals surface area contributed by atoms with Crippen LogP contribution >= 0.6 is 0 Å². The van der Waals surface area contributed by atoms with E-state index in [-0.39, 0.29) is 23.9 Å². The number of nitrogens with zero attached hydrogens (tertiary/aromatic N) is 2. The number of benzene rings is 3. The number of pyridine rings is 2. The van der Waals surface area contributed by atoms with Crippen molar-refractivity contribution in [2.75, 3.05) is 13.2 Å². The number of halogens is 1. The van der Waals surface area contributed by atoms with Gasteiger partial charge in [0.15, 0.2) is 6.61 Å². The van der Waals surface area contributed by atoms with Gasteiger partial charge >= 0.3 is 0 Å². The van der Waals surface area contributed by atoms with E-state index >= 15 is 0 Å². The maximum Gasteiger partial charge on any atom is 0.263 e. The average Bonchev–Trinajstić information content (AvgIpc) is 3.21. The molecule has 35 heavy (non-hydrogen) atoms. The van der Waals surface area contributed by atoms with Crippen LogP contribution in [-0.2, 0) is 11.2 Å². The molecule has 0 atom stereocenters. The van der Waals surface area contributed by atoms with Crippen LogP contribution in [-0.4, -0.2) is 28.4 Å². The number of aromatic nitrogens is 2. The molecular formula is C28H20FN3O3. The quantitative estimate of drug-likeness (QED) is 0.369. The maximum atomic E-state index is 13.3. The Balaban J connectivity index is 1.26. The van der Waals surface area contributed by atoms with Gasteiger partial charge in [0.05, 0.1) is 16.6 Å². The molecule has 172 valence electrons. The molecule has 7 heteroatoms. The zero-order chi connectivity index (χ0) is 23.9. The molecule has 0 aliphatic rings. The van der Waals surface area contributed by atoms with Crippen molar-refractivity contribution in [3.8, 4) is 5.75 Å². The molecular weight excluding hydrogens is 445 g/mol. The number of carbonyl (C=O) groups excluding carboxylic acids is 1. The van der Waals surface area contributed by atoms with Crippen LogP contribution in [0.2, 0.25) is 0 Å². The second-order valence-corrected chi connectivity index (χ2v) is 8.44. The summed E-state index contributed by atoms with van der Waals surface area (Å²) in [4.78, 5) is 30.1. The minimum atomic E-state index is -0.294. The average molecular weight is 465 g/mol. The summed E-state index contributed by atoms with van der Waals surface area (Å²) in [6, 6.07) is 21.1. The van der Waals surface area contributed by atoms with Crippen molar-refractivity contribution >= 4 is 44.0 Å². The number of carbonyl (C=O) groups is 1. The van der Waals surface area contributed by atoms with Crippen LogP contribution in [0.25, 0.3) is 38.1 Å². The molecule has 0 radical (unpaired) electrons. The fraction of sp³-hybridized carbons (Fsp3) is 0.107. The van der Waals surface area contributed by atoms with Gasteiger partial charge < -0.3 is 10.1 Å². The predicted octanol–water partition coefficient (Wildman–Crippen LogP) is 4.47. The Labute approximate surface area is 198 Å². The number of fused-ring (bicyclic) bond motifs is 5. The lowest BCUT2D eigenvalue weighted by molar-refractivity contribution is -0.123. The summed E-state index contributed by atoms with van der Waals surface area (Å²) < 4.78 is 20.7. The lowest BCUT2D eigenvalue weighted by Gasteiger charge is -2.08. The smallest absolute Gasteiger partial charge is 0.263 e. The van der Waals surface area contributed by atoms with E-state index in [9.17, 15) is 14.0 Å². The van der Waals surface area contributed by atoms with Gasteiger partial charge in [0, 0.05) is 34.3 Å². The van der Waals surface area contributed by atoms with Crippen LogP contribution in [0.1, 0.15) is 5.56 Å². The first-order valence-electron chi connectivity index (χ1n) is 11.3. The van der Waals surface area contributed by atoms with E-state index in [1.807, 2.05) is 48.5 Å². The first kappa shape index (κ1) is 21.0. The van der Waals surface area contributed by atoms with Gasteiger partial charge in [-0.2, -0.15) is 0 Å². The number of ether oxygens (including phenoxy) is 1. The summed E-state index contributed by atoms with van der Waals surface area (Å²) in [5.74, 6) is -0.0314. The normalized spacial score (nSPS) is 11.6. The Hall–Kier alpha value is -4.52. The molecule has 0 saturated heterocycles. The monoisotopic (exact) mass is 465 g/mol. The largest absolute Gasteiger partial charge is 0.484 e. The Bertz CT molecular complexity index is 1790. The SMILES string of the molecule is O=C(COc1ccc2c(c1)c1ccnc3c4ccccc4c(=O)n2c13)NCCc1cccc(F)c1. The van der Waals surface area contributed by atoms with Crippen LogP contribution < -0.4 is 15.6 Å². The van der Waals surface area contributed by atoms with Crippen LogP contribution in [0.4, 0.5) is 4.39 Å². The summed E-state index contributed by atoms with van der Waals surface area (Å²) in [6.45, 7) is 0.237. The van der Waals surface area contributed by atoms with Crippen LogP contribution in [0.15, 0.2) is 83.8 Å². The number of rotatable bonds is 6. The molecule has 0 unspecified atom stereocenters. The summed E-state index contributed by atoms with van der Waals surface area (Å²) in [6.07, 6.45) is 2.27. The lowest BCUT2D eigenvalue weighted by Crippen LogP contribution is -2.30. The summed E-state index contributed by atoms with van der Waals surface area (Å²) in [5.41, 5.74) is 3.04. The number of hydrogen-bond donors (Lipinski definition) is 1. The van der Waals surface area contributed by atoms with Crippen molar-refractivity contribution in [1.82, 2.24) is 14.7 Å². The molecule has 3 aromatic carbocycles. The molecule has 0 fully saturated rings. The molecule has 1 N–H and O–H groups in total. The molecule has 0 aliphatic carbocycles. The van der Waals surface area contributed by atoms with E-state index in [1.54, 1.807) is 22.7 Å². The van der Waals surface area contributed by atoms with Gasteiger partial charge in [-0.05, 0) is 54.4 Å². The third-order valence-electron chi connectivity index (χ3n) is 6.26. The molecule has 0 aliphatic heterocycles. The van der Waals surface area contributed by atoms with E-state index in [2.05, 4.69) is 10.3 Å². The van der Waals surface area contributed by atoms with E-state index in [0.717, 1.165) is 38.3 Å². The van der Waals surface area contributed by atoms with Gasteiger partial charge in [-0.25, -0.2) is 4.39 Å². The highest BCUT2D eigenvalue weighted by atomic mass is 19.1. The van der Waals surface area contributed by atoms with Crippen LogP contribution in [0.3, 0.4) is 0 Å². The molecule has 6 aromatic rings. The van der Waals surface area contributed by atoms with E-state index in [0.29, 0.717) is 24.1 Å². The highest BCUT2D eigenvalue weighted by molar-refractivity contribution is 6.18. The van der Waals surface area contributed by atoms with Crippen LogP contribution in [0, 0.1) is 5.82 Å². The van der Waals surface area contributed by atoms with Gasteiger partial charge in [0.1, 0.15) is 11.6 Å². The van der Waals surface area contributed by atoms with Gasteiger partial charge in [0.25, 0.3) is 11.5 Å². The first-order valence-corrected chi connectivity index (χ1v) is 11.3. The molecule has 1 amide bonds. The van der Waals surface area contributed by atoms with E-state index in [1.165, 1.54) is 12.1 Å². The van der Waals surface area contributed by atoms with Gasteiger partial charge in [-0.15, -0.1) is 0 Å². The van der Waals surface area contributed by atoms with Crippen molar-refractivity contribution in [3.63, 3.8) is 0 Å². The van der Waals surface area contributed by atoms with Gasteiger partial charge in [0.2, 0.25) is 0 Å². The molecule has 0 saturated carbocycles. The highest BCUT2D eigenvalue weighted by Gasteiger charge is 2.18. The van der Waals surface area contributed by atoms with E-state index < -0.39 is 0 Å². The molecule has 6 nitrogen and oxygen atoms in total. The molecule has 0 spiro atoms. The fourth-order valence-corrected chi connectivity index (χ4v) is 4.68. The van der Waals surface area contributed by atoms with Crippen molar-refractivity contribution in [2.24, 2.45) is 0 Å². The second-order valence-electron chi connectivity index (χ2n) is 8.44. The van der Waals surface area contributed by atoms with Crippen molar-refractivity contribution in [2.45, 2.75) is 6.42 Å². The maximum absolute atomic E-state index is 13.3. The van der Waals surface area contributed by atoms with Crippen LogP contribution in [0.5, 0.6) is 5.75 Å². The third kappa shape index (κ3) is 3.61. The lowest BCUT2D eigenvalue weighted by atomic mass is 10.1. The fourth-order valence-electron chi connectivity index (χ4n) is 4.68. The Morgan fingerprint density at radius 2 is 1.80 bits per heavy atom. The summed E-state index contributed by atoms with van der Waals surface area (Å²) in [7, 11) is 0. The third-order valence-corrected chi connectivity index (χ3v) is 6.26. The predicted molar refractivity (Wildman–Crippen MR) is 134 cm³/mol. The Morgan fingerprint density at radius 1 is 0.943 bits per heavy atom. The minimum Gasteiger partial charge on any atom is -0.484 e. The zero-order valence-corrected chi connectivity index (χ0v) is 18.6. The number of nitrogens with one attached hydrogen (secondary N) is 1. The highest BCUT2D eigenvalue weighted by Crippen LogP contribution is 2.34. The Morgan fingerprint density at radius 3 is 2.66 bits per heavy atom. The first-order chi connectivity index (χ1) is 17.1. The molecule has 0 bridgehead atoms. The molecule has 3 heterocycles. The molecule has 6 rings (SSSR count). The number of amides is 1. The zero-order valence-electron chi connectivity index (χ0n) is 18.6. The number of hydrogen-bond acceptors (Lipinski definition) is 4. The second kappa shape index (κ2) is 8.36. The summed E-state index contributed by atoms with van der Waals surface area (Å²) in [5, 5.41) is 5.99. The van der Waals surface area contributed by atoms with Crippen molar-refractivity contribution in [3.05, 3.63) is 101 Å². The van der Waals surface area contributed by atoms with Crippen molar-refractivity contribution in [1.29, 1.82) is 0 Å². The van der Waals surface area contributed by atoms with Gasteiger partial charge in [-0.1, -0.05) is 30.3 Å². The van der Waals surface area contributed by atoms with Gasteiger partial charge in [-0.3, -0.25) is 19.0 Å². The Kier molecular flexibility index (Phi) is 5.03. The topological polar surface area (TPSA) is 72.7 Å². The summed E-state index contributed by atoms with van der Waals surface area (Å²) >= 11 is 0.